The van der Waals surface area contributed by atoms with Gasteiger partial charge in [0.25, 0.3) is 5.91 Å². The quantitative estimate of drug-likeness (QED) is 0.408. The molecule has 0 atom stereocenters. The van der Waals surface area contributed by atoms with E-state index in [0.717, 1.165) is 49.2 Å². The molecule has 2 heterocycles. The van der Waals surface area contributed by atoms with Crippen LogP contribution in [-0.2, 0) is 11.2 Å². The van der Waals surface area contributed by atoms with Crippen molar-refractivity contribution in [3.63, 3.8) is 0 Å². The molecular weight excluding hydrogens is 408 g/mol. The summed E-state index contributed by atoms with van der Waals surface area (Å²) < 4.78 is 0. The van der Waals surface area contributed by atoms with Crippen LogP contribution in [0.3, 0.4) is 0 Å². The van der Waals surface area contributed by atoms with Crippen LogP contribution in [0, 0.1) is 0 Å². The number of hydrogen-bond donors (Lipinski definition) is 2. The van der Waals surface area contributed by atoms with Crippen LogP contribution in [-0.4, -0.2) is 47.0 Å². The third-order valence-electron chi connectivity index (χ3n) is 5.16. The summed E-state index contributed by atoms with van der Waals surface area (Å²) in [5.74, 6) is 0.0652. The second-order valence-electron chi connectivity index (χ2n) is 7.61. The van der Waals surface area contributed by atoms with Gasteiger partial charge in [0.1, 0.15) is 0 Å². The first-order valence-electron chi connectivity index (χ1n) is 10.8. The highest BCUT2D eigenvalue weighted by Crippen LogP contribution is 2.18. The molecule has 3 aromatic rings. The van der Waals surface area contributed by atoms with Gasteiger partial charge in [-0.1, -0.05) is 42.8 Å². The molecule has 0 aliphatic heterocycles. The Balaban J connectivity index is 1.24. The van der Waals surface area contributed by atoms with Gasteiger partial charge in [0.2, 0.25) is 5.91 Å². The van der Waals surface area contributed by atoms with Crippen molar-refractivity contribution in [2.75, 3.05) is 20.1 Å². The van der Waals surface area contributed by atoms with E-state index in [4.69, 9.17) is 0 Å². The summed E-state index contributed by atoms with van der Waals surface area (Å²) in [4.78, 5) is 26.6. The second-order valence-corrected chi connectivity index (χ2v) is 8.55. The van der Waals surface area contributed by atoms with Crippen LogP contribution in [0.5, 0.6) is 0 Å². The van der Waals surface area contributed by atoms with Crippen LogP contribution in [0.4, 0.5) is 0 Å². The van der Waals surface area contributed by atoms with E-state index in [2.05, 4.69) is 33.7 Å². The summed E-state index contributed by atoms with van der Waals surface area (Å²) in [7, 11) is 1.85. The van der Waals surface area contributed by atoms with E-state index in [1.807, 2.05) is 36.7 Å². The predicted octanol–water partition coefficient (Wildman–Crippen LogP) is 4.52. The molecule has 0 radical (unpaired) electrons. The molecule has 0 fully saturated rings. The lowest BCUT2D eigenvalue weighted by Crippen LogP contribution is -2.29. The highest BCUT2D eigenvalue weighted by molar-refractivity contribution is 7.12. The van der Waals surface area contributed by atoms with E-state index in [1.54, 1.807) is 11.0 Å². The minimum absolute atomic E-state index is 0.0658. The molecule has 0 unspecified atom stereocenters. The maximum Gasteiger partial charge on any atom is 0.261 e. The van der Waals surface area contributed by atoms with Crippen molar-refractivity contribution in [2.45, 2.75) is 38.5 Å². The number of carbonyl (C=O) groups is 2. The van der Waals surface area contributed by atoms with Gasteiger partial charge in [0.05, 0.1) is 10.6 Å². The number of nitrogens with one attached hydrogen (secondary N) is 2. The topological polar surface area (TPSA) is 78.1 Å². The van der Waals surface area contributed by atoms with Crippen LogP contribution in [0.15, 0.2) is 53.9 Å². The van der Waals surface area contributed by atoms with Crippen molar-refractivity contribution in [3.8, 4) is 11.3 Å². The van der Waals surface area contributed by atoms with Gasteiger partial charge in [-0.15, -0.1) is 11.3 Å². The van der Waals surface area contributed by atoms with Gasteiger partial charge in [0, 0.05) is 37.8 Å². The third-order valence-corrected chi connectivity index (χ3v) is 6.03. The van der Waals surface area contributed by atoms with Crippen molar-refractivity contribution >= 4 is 23.2 Å². The molecule has 164 valence electrons. The largest absolute Gasteiger partial charge is 0.351 e. The predicted molar refractivity (Wildman–Crippen MR) is 125 cm³/mol. The number of amides is 2. The highest BCUT2D eigenvalue weighted by Gasteiger charge is 2.10. The summed E-state index contributed by atoms with van der Waals surface area (Å²) in [5.41, 5.74) is 3.25. The molecule has 0 saturated carbocycles. The second kappa shape index (κ2) is 12.1. The van der Waals surface area contributed by atoms with Crippen molar-refractivity contribution in [2.24, 2.45) is 0 Å². The lowest BCUT2D eigenvalue weighted by molar-refractivity contribution is -0.130. The molecule has 31 heavy (non-hydrogen) atoms. The van der Waals surface area contributed by atoms with Crippen LogP contribution in [0.25, 0.3) is 11.3 Å². The summed E-state index contributed by atoms with van der Waals surface area (Å²) in [5, 5.41) is 12.3. The summed E-state index contributed by atoms with van der Waals surface area (Å²) in [6, 6.07) is 15.9. The van der Waals surface area contributed by atoms with E-state index in [9.17, 15) is 9.59 Å². The summed E-state index contributed by atoms with van der Waals surface area (Å²) in [6.07, 6.45) is 5.18. The Morgan fingerprint density at radius 1 is 1.06 bits per heavy atom. The van der Waals surface area contributed by atoms with Crippen LogP contribution < -0.4 is 5.32 Å². The first-order chi connectivity index (χ1) is 15.1. The average molecular weight is 439 g/mol. The SMILES string of the molecule is CN(CCCCCc1cc(-c2ccccc2)n[nH]1)C(=O)CCCNC(=O)c1cccs1. The molecule has 2 amide bonds. The molecule has 0 bridgehead atoms. The monoisotopic (exact) mass is 438 g/mol. The average Bonchev–Trinajstić information content (AvgIpc) is 3.49. The molecule has 0 spiro atoms. The van der Waals surface area contributed by atoms with E-state index in [-0.39, 0.29) is 11.8 Å². The van der Waals surface area contributed by atoms with Crippen LogP contribution >= 0.6 is 11.3 Å². The number of unbranched alkanes of at least 4 members (excludes halogenated alkanes) is 2. The summed E-state index contributed by atoms with van der Waals surface area (Å²) >= 11 is 1.42. The molecule has 7 heteroatoms. The molecular formula is C24H30N4O2S. The van der Waals surface area contributed by atoms with Gasteiger partial charge in [-0.2, -0.15) is 5.10 Å². The normalized spacial score (nSPS) is 10.7. The fourth-order valence-corrected chi connectivity index (χ4v) is 3.98. The van der Waals surface area contributed by atoms with Crippen molar-refractivity contribution < 1.29 is 9.59 Å². The zero-order chi connectivity index (χ0) is 21.9. The zero-order valence-corrected chi connectivity index (χ0v) is 18.8. The Morgan fingerprint density at radius 3 is 2.68 bits per heavy atom. The number of hydrogen-bond acceptors (Lipinski definition) is 4. The van der Waals surface area contributed by atoms with Gasteiger partial charge in [-0.25, -0.2) is 0 Å². The molecule has 6 nitrogen and oxygen atoms in total. The molecule has 2 aromatic heterocycles. The number of aromatic amines is 1. The highest BCUT2D eigenvalue weighted by atomic mass is 32.1. The first-order valence-corrected chi connectivity index (χ1v) is 11.7. The molecule has 2 N–H and O–H groups in total. The lowest BCUT2D eigenvalue weighted by Gasteiger charge is -2.17. The van der Waals surface area contributed by atoms with E-state index in [0.29, 0.717) is 24.3 Å². The Bertz CT molecular complexity index is 938. The molecule has 0 aliphatic carbocycles. The molecule has 0 aliphatic rings. The number of benzene rings is 1. The standard InChI is InChI=1S/C24H30N4O2S/c1-28(23(29)14-8-15-25-24(30)22-13-9-17-31-22)16-7-3-6-12-20-18-21(27-26-20)19-10-4-2-5-11-19/h2,4-5,9-11,13,17-18H,3,6-8,12,14-16H2,1H3,(H,25,30)(H,26,27). The van der Waals surface area contributed by atoms with Gasteiger partial charge < -0.3 is 10.2 Å². The van der Waals surface area contributed by atoms with Gasteiger partial charge in [0.15, 0.2) is 0 Å². The smallest absolute Gasteiger partial charge is 0.261 e. The van der Waals surface area contributed by atoms with Gasteiger partial charge in [-0.3, -0.25) is 14.7 Å². The fourth-order valence-electron chi connectivity index (χ4n) is 3.34. The number of aromatic nitrogens is 2. The number of carbonyl (C=O) groups excluding carboxylic acids is 2. The van der Waals surface area contributed by atoms with Gasteiger partial charge >= 0.3 is 0 Å². The Morgan fingerprint density at radius 2 is 1.90 bits per heavy atom. The number of nitrogens with zero attached hydrogens (tertiary/aromatic N) is 2. The lowest BCUT2D eigenvalue weighted by atomic mass is 10.1. The Labute approximate surface area is 187 Å². The minimum Gasteiger partial charge on any atom is -0.351 e. The molecule has 1 aromatic carbocycles. The zero-order valence-electron chi connectivity index (χ0n) is 18.0. The van der Waals surface area contributed by atoms with Crippen molar-refractivity contribution in [3.05, 3.63) is 64.5 Å². The maximum absolute atomic E-state index is 12.2. The van der Waals surface area contributed by atoms with E-state index < -0.39 is 0 Å². The number of rotatable bonds is 12. The van der Waals surface area contributed by atoms with Crippen LogP contribution in [0.1, 0.15) is 47.5 Å². The summed E-state index contributed by atoms with van der Waals surface area (Å²) in [6.45, 7) is 1.28. The van der Waals surface area contributed by atoms with E-state index >= 15 is 0 Å². The molecule has 3 rings (SSSR count). The molecule has 0 saturated heterocycles. The first kappa shape index (κ1) is 22.7. The van der Waals surface area contributed by atoms with Crippen molar-refractivity contribution in [1.82, 2.24) is 20.4 Å². The minimum atomic E-state index is -0.0658. The maximum atomic E-state index is 12.2. The number of thiophene rings is 1. The Hall–Kier alpha value is -2.93. The number of aryl methyl sites for hydroxylation is 1. The van der Waals surface area contributed by atoms with Gasteiger partial charge in [-0.05, 0) is 43.2 Å². The van der Waals surface area contributed by atoms with E-state index in [1.165, 1.54) is 11.3 Å². The van der Waals surface area contributed by atoms with Crippen LogP contribution in [0.2, 0.25) is 0 Å². The third kappa shape index (κ3) is 7.36. The fraction of sp³-hybridized carbons (Fsp3) is 0.375. The Kier molecular flexibility index (Phi) is 8.84. The van der Waals surface area contributed by atoms with Crippen molar-refractivity contribution in [1.29, 1.82) is 0 Å². The number of H-pyrrole nitrogens is 1.